The van der Waals surface area contributed by atoms with Crippen LogP contribution in [0.25, 0.3) is 0 Å². The lowest BCUT2D eigenvalue weighted by Crippen LogP contribution is -2.67. The fourth-order valence-corrected chi connectivity index (χ4v) is 20.1. The molecule has 12 atom stereocenters. The summed E-state index contributed by atoms with van der Waals surface area (Å²) in [4.78, 5) is 87.5. The number of carbonyl (C=O) groups excluding carboxylic acids is 3. The Morgan fingerprint density at radius 3 is 1.26 bits per heavy atom. The largest absolute Gasteiger partial charge is 0.474 e. The van der Waals surface area contributed by atoms with Crippen LogP contribution >= 0.6 is 63.7 Å². The molecule has 0 N–H and O–H groups in total. The molecule has 0 spiro atoms. The Hall–Kier alpha value is -8.64. The minimum atomic E-state index is -0.910. The van der Waals surface area contributed by atoms with E-state index in [-0.39, 0.29) is 130 Å². The maximum Gasteiger partial charge on any atom is 0.278 e. The van der Waals surface area contributed by atoms with Crippen LogP contribution in [0.15, 0.2) is 187 Å². The van der Waals surface area contributed by atoms with Gasteiger partial charge in [-0.2, -0.15) is 0 Å². The highest BCUT2D eigenvalue weighted by Gasteiger charge is 2.51. The summed E-state index contributed by atoms with van der Waals surface area (Å²) < 4.78 is 91.4. The van der Waals surface area contributed by atoms with Gasteiger partial charge in [-0.15, -0.1) is 35.3 Å². The molecule has 30 heteroatoms. The van der Waals surface area contributed by atoms with Crippen molar-refractivity contribution < 1.29 is 55.0 Å². The molecule has 12 heterocycles. The highest BCUT2D eigenvalue weighted by atomic mass is 32.2. The molecule has 0 radical (unpaired) electrons. The van der Waals surface area contributed by atoms with Gasteiger partial charge in [0.15, 0.2) is 28.7 Å². The van der Waals surface area contributed by atoms with Crippen LogP contribution in [-0.4, -0.2) is 110 Å². The van der Waals surface area contributed by atoms with E-state index in [2.05, 4.69) is 60.1 Å². The molecular weight excluding hydrogens is 1480 g/mol. The predicted molar refractivity (Wildman–Crippen MR) is 404 cm³/mol. The summed E-state index contributed by atoms with van der Waals surface area (Å²) >= 11 is 4.78. The van der Waals surface area contributed by atoms with Crippen molar-refractivity contribution in [2.45, 2.75) is 114 Å². The average Bonchev–Trinajstić information content (AvgIpc) is 1.06. The Labute approximate surface area is 626 Å². The number of piperidine rings is 1. The lowest BCUT2D eigenvalue weighted by atomic mass is 9.90. The summed E-state index contributed by atoms with van der Waals surface area (Å²) in [6.45, 7) is 7.75. The topological polar surface area (TPSA) is 183 Å². The fraction of sp³-hybridized carbons (Fsp3) is 0.289. The molecule has 3 amide bonds. The number of ether oxygens (including phenoxy) is 2. The Kier molecular flexibility index (Phi) is 19.7. The van der Waals surface area contributed by atoms with Gasteiger partial charge in [0.05, 0.1) is 71.9 Å². The lowest BCUT2D eigenvalue weighted by molar-refractivity contribution is -0.0575. The summed E-state index contributed by atoms with van der Waals surface area (Å²) in [7, 11) is 6.22. The number of carbonyl (C=O) groups is 3. The Morgan fingerprint density at radius 1 is 0.443 bits per heavy atom. The normalized spacial score (nSPS) is 23.0. The van der Waals surface area contributed by atoms with E-state index in [1.165, 1.54) is 48.3 Å². The maximum atomic E-state index is 15.2. The minimum Gasteiger partial charge on any atom is -0.474 e. The molecule has 106 heavy (non-hydrogen) atoms. The van der Waals surface area contributed by atoms with Gasteiger partial charge < -0.3 is 37.7 Å². The smallest absolute Gasteiger partial charge is 0.278 e. The van der Waals surface area contributed by atoms with Gasteiger partial charge in [0, 0.05) is 93.9 Å². The second-order valence-electron chi connectivity index (χ2n) is 27.2. The number of benzene rings is 6. The van der Waals surface area contributed by atoms with Crippen molar-refractivity contribution in [1.29, 1.82) is 0 Å². The first-order chi connectivity index (χ1) is 51.3. The molecular formula is C76H70F4N9O11P3S3. The summed E-state index contributed by atoms with van der Waals surface area (Å²) in [5, 5.41) is 6.17. The number of hydrogen-bond donors (Lipinski definition) is 0. The molecule has 9 aromatic rings. The first-order valence-electron chi connectivity index (χ1n) is 34.4. The van der Waals surface area contributed by atoms with Crippen molar-refractivity contribution in [2.75, 3.05) is 47.9 Å². The van der Waals surface area contributed by atoms with Gasteiger partial charge in [-0.1, -0.05) is 79.7 Å². The molecule has 3 unspecified atom stereocenters. The van der Waals surface area contributed by atoms with Gasteiger partial charge in [-0.3, -0.25) is 57.8 Å². The number of morpholine rings is 2. The van der Waals surface area contributed by atoms with Crippen LogP contribution in [0.3, 0.4) is 0 Å². The van der Waals surface area contributed by atoms with Gasteiger partial charge in [0.1, 0.15) is 30.1 Å². The van der Waals surface area contributed by atoms with Crippen LogP contribution in [0.4, 0.5) is 17.6 Å². The highest BCUT2D eigenvalue weighted by Crippen LogP contribution is 2.50. The van der Waals surface area contributed by atoms with Crippen molar-refractivity contribution in [1.82, 2.24) is 28.7 Å². The summed E-state index contributed by atoms with van der Waals surface area (Å²) in [6.07, 6.45) is 4.89. The molecule has 0 bridgehead atoms. The van der Waals surface area contributed by atoms with E-state index in [1.54, 1.807) is 77.9 Å². The average molecular weight is 1550 g/mol. The van der Waals surface area contributed by atoms with Gasteiger partial charge in [0.25, 0.3) is 17.7 Å². The number of fused-ring (bicyclic) bond motifs is 12. The zero-order chi connectivity index (χ0) is 73.7. The summed E-state index contributed by atoms with van der Waals surface area (Å²) in [5.74, 6) is -1.37. The zero-order valence-corrected chi connectivity index (χ0v) is 63.2. The second kappa shape index (κ2) is 29.2. The Morgan fingerprint density at radius 2 is 0.830 bits per heavy atom. The molecule has 3 fully saturated rings. The number of pyridine rings is 3. The molecule has 20 nitrogen and oxygen atoms in total. The third-order valence-electron chi connectivity index (χ3n) is 20.9. The van der Waals surface area contributed by atoms with E-state index in [9.17, 15) is 41.9 Å². The number of rotatable bonds is 6. The van der Waals surface area contributed by atoms with Gasteiger partial charge in [0.2, 0.25) is 33.5 Å². The van der Waals surface area contributed by atoms with Crippen molar-refractivity contribution >= 4 is 81.4 Å². The Bertz CT molecular complexity index is 5260. The molecule has 3 aromatic heterocycles. The molecule has 3 saturated heterocycles. The maximum absolute atomic E-state index is 15.2. The summed E-state index contributed by atoms with van der Waals surface area (Å²) in [5.41, 5.74) is 6.88. The van der Waals surface area contributed by atoms with Gasteiger partial charge >= 0.3 is 0 Å². The van der Waals surface area contributed by atoms with Crippen LogP contribution in [0.2, 0.25) is 0 Å². The predicted octanol–water partition coefficient (Wildman–Crippen LogP) is 12.2. The molecule has 9 aliphatic heterocycles. The number of aromatic nitrogens is 3. The quantitative estimate of drug-likeness (QED) is 0.113. The van der Waals surface area contributed by atoms with E-state index >= 15 is 4.39 Å². The van der Waals surface area contributed by atoms with Crippen LogP contribution < -0.4 is 44.9 Å². The number of hydrogen-bond acceptors (Lipinski definition) is 17. The molecule has 0 saturated carbocycles. The molecule has 18 rings (SSSR count). The van der Waals surface area contributed by atoms with Crippen molar-refractivity contribution in [3.8, 4) is 17.2 Å². The zero-order valence-electron chi connectivity index (χ0n) is 57.3. The van der Waals surface area contributed by atoms with Crippen LogP contribution in [0, 0.1) is 29.2 Å². The van der Waals surface area contributed by atoms with Crippen molar-refractivity contribution in [3.05, 3.63) is 279 Å². The molecule has 6 aromatic carbocycles. The first-order valence-corrected chi connectivity index (χ1v) is 38.8. The second-order valence-corrected chi connectivity index (χ2v) is 30.9. The summed E-state index contributed by atoms with van der Waals surface area (Å²) in [6, 6.07) is 39.5. The van der Waals surface area contributed by atoms with Gasteiger partial charge in [-0.05, 0) is 126 Å². The van der Waals surface area contributed by atoms with Crippen molar-refractivity contribution in [3.63, 3.8) is 0 Å². The number of nitrogens with zero attached hydrogens (tertiary/aromatic N) is 9. The molecule has 0 aliphatic carbocycles. The van der Waals surface area contributed by atoms with E-state index < -0.39 is 35.4 Å². The third kappa shape index (κ3) is 12.3. The lowest BCUT2D eigenvalue weighted by Gasteiger charge is -2.53. The molecule has 546 valence electrons. The van der Waals surface area contributed by atoms with Crippen LogP contribution in [0.1, 0.15) is 133 Å². The van der Waals surface area contributed by atoms with Crippen molar-refractivity contribution in [2.24, 2.45) is 5.92 Å². The highest BCUT2D eigenvalue weighted by molar-refractivity contribution is 7.99. The van der Waals surface area contributed by atoms with Crippen LogP contribution in [-0.2, 0) is 26.7 Å². The number of amides is 3. The number of halogens is 4. The number of thioether (sulfide) groups is 3. The first kappa shape index (κ1) is 71.6. The molecule has 9 aliphatic rings. The standard InChI is InChI=1S/C26H25FN3O3PS.C25H22F2N3O4PS.C25H23FN3O4PS/c1-15-8-10-28-22(12-15)30(29-11-9-20(31)25(33-34)24(29)26(28)32)23-18-7-6-17(27)13-16(18)14-35-21-5-3-2-4-19(21)23;1-13-10-28-20(11-33-13)30(29-9-8-18(31)24(34-35)23(29)25(28)32)22-14-6-7-17(26)21(27)16(14)12-36-19-5-3-2-4-15(19)22;1-14-11-27-21(12-32-14)29(28-9-8-19(30)24(33-34)23(28)25(27)31)22-17-7-6-16(26)10-15(17)13-35-20-5-3-2-4-18(20)22/h2-7,9,11,13,15,22-23H,8,10,12,14,34H2,1H3;2-9,13,20,22H,10-12,35H2,1H3;2-10,14,21-22H,11-13,34H2,1H3/t15-,22-,23+;13-,20+,22-;14-,21+,22-/m100/s1. The van der Waals surface area contributed by atoms with E-state index in [1.807, 2.05) is 93.9 Å². The van der Waals surface area contributed by atoms with E-state index in [0.29, 0.717) is 42.6 Å². The van der Waals surface area contributed by atoms with Crippen LogP contribution in [0.5, 0.6) is 17.2 Å². The van der Waals surface area contributed by atoms with E-state index in [4.69, 9.17) is 23.0 Å². The monoisotopic (exact) mass is 1550 g/mol. The minimum absolute atomic E-state index is 0.0141. The SMILES string of the molecule is C[C@@H]1CCN2C(=O)c3c(OP)c(=O)ccn3N([C@H]3c4ccc(F)cc4CSc4ccccc43)[C@@H]2C1.C[C@H]1CN2C(=O)c3c(OP)c(=O)ccn3N([C@@H]3c4ccccc4SCc4c3ccc(F)c4F)[C@@H]2CO1.C[C@H]1CN2C(=O)c3c(OP)c(=O)ccn3N([C@H]3c4ccc(F)cc4CSc4ccccc43)[C@@H]2CO1. The van der Waals surface area contributed by atoms with Gasteiger partial charge in [-0.25, -0.2) is 17.6 Å². The third-order valence-corrected chi connectivity index (χ3v) is 25.0. The van der Waals surface area contributed by atoms with E-state index in [0.717, 1.165) is 72.5 Å². The fourth-order valence-electron chi connectivity index (χ4n) is 16.1. The Balaban J connectivity index is 0.000000122.